The van der Waals surface area contributed by atoms with Gasteiger partial charge in [0.1, 0.15) is 5.82 Å². The minimum atomic E-state index is 0.0174. The molecule has 0 saturated carbocycles. The third-order valence-corrected chi connectivity index (χ3v) is 5.40. The van der Waals surface area contributed by atoms with E-state index in [4.69, 9.17) is 4.98 Å². The number of likely N-dealkylation sites (tertiary alicyclic amines) is 1. The standard InChI is InChI=1S/C23H27N7O/c1-16-14-17(2)26-23(25-16)28-21-8-4-7-20(27-21)18-6-5-13-30(15-18)22(31)10-9-19-11-12-24-29(19)3/h4,7-12,14,18H,5-6,13,15H2,1-3H3,(H,25,26,27,28)/b10-9+/t18-/m0/s1. The first-order chi connectivity index (χ1) is 15.0. The maximum absolute atomic E-state index is 12.7. The summed E-state index contributed by atoms with van der Waals surface area (Å²) in [4.78, 5) is 28.2. The molecule has 3 aromatic rings. The van der Waals surface area contributed by atoms with E-state index in [2.05, 4.69) is 20.4 Å². The number of hydrogen-bond donors (Lipinski definition) is 1. The lowest BCUT2D eigenvalue weighted by Crippen LogP contribution is -2.38. The minimum Gasteiger partial charge on any atom is -0.338 e. The molecular formula is C23H27N7O. The van der Waals surface area contributed by atoms with E-state index in [0.717, 1.165) is 42.2 Å². The molecule has 4 rings (SSSR count). The van der Waals surface area contributed by atoms with Crippen molar-refractivity contribution in [1.29, 1.82) is 0 Å². The van der Waals surface area contributed by atoms with E-state index in [-0.39, 0.29) is 11.8 Å². The number of amides is 1. The van der Waals surface area contributed by atoms with Crippen LogP contribution < -0.4 is 5.32 Å². The van der Waals surface area contributed by atoms with E-state index in [1.54, 1.807) is 17.0 Å². The van der Waals surface area contributed by atoms with Crippen molar-refractivity contribution in [2.24, 2.45) is 7.05 Å². The number of carbonyl (C=O) groups is 1. The van der Waals surface area contributed by atoms with Crippen LogP contribution in [0.15, 0.2) is 42.6 Å². The van der Waals surface area contributed by atoms with Crippen LogP contribution in [-0.2, 0) is 11.8 Å². The topological polar surface area (TPSA) is 88.8 Å². The Bertz CT molecular complexity index is 1080. The molecule has 4 heterocycles. The van der Waals surface area contributed by atoms with Gasteiger partial charge in [0, 0.05) is 55.4 Å². The summed E-state index contributed by atoms with van der Waals surface area (Å²) in [6.45, 7) is 5.31. The Morgan fingerprint density at radius 3 is 2.71 bits per heavy atom. The van der Waals surface area contributed by atoms with Gasteiger partial charge in [0.2, 0.25) is 11.9 Å². The fourth-order valence-corrected chi connectivity index (χ4v) is 3.87. The first-order valence-corrected chi connectivity index (χ1v) is 10.5. The highest BCUT2D eigenvalue weighted by Gasteiger charge is 2.24. The lowest BCUT2D eigenvalue weighted by molar-refractivity contribution is -0.127. The smallest absolute Gasteiger partial charge is 0.246 e. The van der Waals surface area contributed by atoms with Gasteiger partial charge in [0.15, 0.2) is 0 Å². The predicted octanol–water partition coefficient (Wildman–Crippen LogP) is 3.38. The van der Waals surface area contributed by atoms with E-state index in [1.807, 2.05) is 62.2 Å². The Morgan fingerprint density at radius 1 is 1.16 bits per heavy atom. The highest BCUT2D eigenvalue weighted by Crippen LogP contribution is 2.27. The molecule has 1 amide bonds. The Balaban J connectivity index is 1.44. The van der Waals surface area contributed by atoms with Crippen LogP contribution in [0.25, 0.3) is 6.08 Å². The van der Waals surface area contributed by atoms with Gasteiger partial charge in [0.05, 0.1) is 5.69 Å². The number of hydrogen-bond acceptors (Lipinski definition) is 6. The van der Waals surface area contributed by atoms with E-state index >= 15 is 0 Å². The zero-order valence-corrected chi connectivity index (χ0v) is 18.1. The number of rotatable bonds is 5. The number of aryl methyl sites for hydroxylation is 3. The minimum absolute atomic E-state index is 0.0174. The Morgan fingerprint density at radius 2 is 1.97 bits per heavy atom. The zero-order valence-electron chi connectivity index (χ0n) is 18.1. The maximum atomic E-state index is 12.7. The second-order valence-corrected chi connectivity index (χ2v) is 7.88. The number of aromatic nitrogens is 5. The van der Waals surface area contributed by atoms with Crippen LogP contribution >= 0.6 is 0 Å². The van der Waals surface area contributed by atoms with Gasteiger partial charge in [-0.05, 0) is 57.0 Å². The maximum Gasteiger partial charge on any atom is 0.246 e. The average Bonchev–Trinajstić information content (AvgIpc) is 3.16. The summed E-state index contributed by atoms with van der Waals surface area (Å²) in [6.07, 6.45) is 7.12. The number of nitrogens with one attached hydrogen (secondary N) is 1. The molecule has 0 bridgehead atoms. The highest BCUT2D eigenvalue weighted by molar-refractivity contribution is 5.91. The number of pyridine rings is 1. The lowest BCUT2D eigenvalue weighted by atomic mass is 9.94. The van der Waals surface area contributed by atoms with Crippen LogP contribution in [0.2, 0.25) is 0 Å². The number of piperidine rings is 1. The zero-order chi connectivity index (χ0) is 21.8. The van der Waals surface area contributed by atoms with Gasteiger partial charge < -0.3 is 10.2 Å². The summed E-state index contributed by atoms with van der Waals surface area (Å²) < 4.78 is 1.74. The first-order valence-electron chi connectivity index (χ1n) is 10.5. The van der Waals surface area contributed by atoms with Crippen LogP contribution in [0.4, 0.5) is 11.8 Å². The molecule has 3 aromatic heterocycles. The first kappa shape index (κ1) is 20.7. The van der Waals surface area contributed by atoms with E-state index in [0.29, 0.717) is 18.3 Å². The third-order valence-electron chi connectivity index (χ3n) is 5.40. The summed E-state index contributed by atoms with van der Waals surface area (Å²) in [5.74, 6) is 1.47. The molecule has 1 aliphatic heterocycles. The van der Waals surface area contributed by atoms with Gasteiger partial charge in [0.25, 0.3) is 0 Å². The fraction of sp³-hybridized carbons (Fsp3) is 0.348. The molecule has 1 saturated heterocycles. The molecule has 0 unspecified atom stereocenters. The molecule has 1 fully saturated rings. The molecular weight excluding hydrogens is 390 g/mol. The summed E-state index contributed by atoms with van der Waals surface area (Å²) in [7, 11) is 1.86. The second kappa shape index (κ2) is 9.07. The molecule has 8 nitrogen and oxygen atoms in total. The number of anilines is 2. The van der Waals surface area contributed by atoms with Crippen LogP contribution in [-0.4, -0.2) is 48.6 Å². The Hall–Kier alpha value is -3.55. The summed E-state index contributed by atoms with van der Waals surface area (Å²) >= 11 is 0. The van der Waals surface area contributed by atoms with Crippen molar-refractivity contribution in [2.75, 3.05) is 18.4 Å². The van der Waals surface area contributed by atoms with Gasteiger partial charge >= 0.3 is 0 Å². The van der Waals surface area contributed by atoms with Crippen LogP contribution in [0.1, 0.15) is 41.5 Å². The predicted molar refractivity (Wildman–Crippen MR) is 120 cm³/mol. The van der Waals surface area contributed by atoms with Crippen molar-refractivity contribution in [1.82, 2.24) is 29.6 Å². The van der Waals surface area contributed by atoms with Crippen molar-refractivity contribution in [3.8, 4) is 0 Å². The Labute approximate surface area is 182 Å². The van der Waals surface area contributed by atoms with Crippen molar-refractivity contribution in [2.45, 2.75) is 32.6 Å². The van der Waals surface area contributed by atoms with Gasteiger partial charge in [-0.15, -0.1) is 0 Å². The van der Waals surface area contributed by atoms with Crippen LogP contribution in [0, 0.1) is 13.8 Å². The van der Waals surface area contributed by atoms with Crippen LogP contribution in [0.5, 0.6) is 0 Å². The highest BCUT2D eigenvalue weighted by atomic mass is 16.2. The molecule has 0 spiro atoms. The van der Waals surface area contributed by atoms with Gasteiger partial charge in [-0.3, -0.25) is 9.48 Å². The summed E-state index contributed by atoms with van der Waals surface area (Å²) in [6, 6.07) is 9.73. The largest absolute Gasteiger partial charge is 0.338 e. The van der Waals surface area contributed by atoms with E-state index < -0.39 is 0 Å². The molecule has 0 aromatic carbocycles. The molecule has 1 N–H and O–H groups in total. The van der Waals surface area contributed by atoms with E-state index in [1.165, 1.54) is 0 Å². The molecule has 1 aliphatic rings. The molecule has 160 valence electrons. The molecule has 0 radical (unpaired) electrons. The van der Waals surface area contributed by atoms with Crippen molar-refractivity contribution < 1.29 is 4.79 Å². The van der Waals surface area contributed by atoms with Gasteiger partial charge in [-0.25, -0.2) is 15.0 Å². The molecule has 1 atom stereocenters. The summed E-state index contributed by atoms with van der Waals surface area (Å²) in [5.41, 5.74) is 3.69. The average molecular weight is 418 g/mol. The third kappa shape index (κ3) is 5.14. The fourth-order valence-electron chi connectivity index (χ4n) is 3.87. The molecule has 31 heavy (non-hydrogen) atoms. The van der Waals surface area contributed by atoms with E-state index in [9.17, 15) is 4.79 Å². The monoisotopic (exact) mass is 417 g/mol. The SMILES string of the molecule is Cc1cc(C)nc(Nc2cccc([C@H]3CCCN(C(=O)/C=C/c4ccnn4C)C3)n2)n1. The quantitative estimate of drug-likeness (QED) is 0.640. The van der Waals surface area contributed by atoms with Crippen LogP contribution in [0.3, 0.4) is 0 Å². The van der Waals surface area contributed by atoms with Gasteiger partial charge in [-0.2, -0.15) is 5.10 Å². The van der Waals surface area contributed by atoms with Gasteiger partial charge in [-0.1, -0.05) is 6.07 Å². The second-order valence-electron chi connectivity index (χ2n) is 7.88. The normalized spacial score (nSPS) is 16.6. The Kier molecular flexibility index (Phi) is 6.06. The van der Waals surface area contributed by atoms with Crippen molar-refractivity contribution in [3.63, 3.8) is 0 Å². The summed E-state index contributed by atoms with van der Waals surface area (Å²) in [5, 5.41) is 7.33. The molecule has 8 heteroatoms. The lowest BCUT2D eigenvalue weighted by Gasteiger charge is -2.32. The number of carbonyl (C=O) groups excluding carboxylic acids is 1. The van der Waals surface area contributed by atoms with Crippen molar-refractivity contribution in [3.05, 3.63) is 65.4 Å². The molecule has 0 aliphatic carbocycles. The van der Waals surface area contributed by atoms with Crippen molar-refractivity contribution >= 4 is 23.7 Å². The number of nitrogens with zero attached hydrogens (tertiary/aromatic N) is 6.